The van der Waals surface area contributed by atoms with Gasteiger partial charge >= 0.3 is 0 Å². The maximum atomic E-state index is 13.2. The number of Topliss-reactive ketones (excluding diaryl/α,β-unsaturated/α-hetero) is 1. The lowest BCUT2D eigenvalue weighted by atomic mass is 9.82. The van der Waals surface area contributed by atoms with Gasteiger partial charge in [0.25, 0.3) is 0 Å². The second-order valence-electron chi connectivity index (χ2n) is 8.00. The molecule has 1 fully saturated rings. The van der Waals surface area contributed by atoms with Crippen LogP contribution in [0.4, 0.5) is 0 Å². The van der Waals surface area contributed by atoms with Gasteiger partial charge in [0.05, 0.1) is 5.54 Å². The normalized spacial score (nSPS) is 22.6. The highest BCUT2D eigenvalue weighted by Gasteiger charge is 2.36. The monoisotopic (exact) mass is 395 g/mol. The molecule has 1 rings (SSSR count). The summed E-state index contributed by atoms with van der Waals surface area (Å²) in [6.45, 7) is 6.34. The van der Waals surface area contributed by atoms with E-state index in [0.29, 0.717) is 32.2 Å². The van der Waals surface area contributed by atoms with Crippen molar-refractivity contribution < 1.29 is 9.59 Å². The number of rotatable bonds is 6. The fraction of sp³-hybridized carbons (Fsp3) is 0.857. The highest BCUT2D eigenvalue weighted by molar-refractivity contribution is 5.93. The predicted molar refractivity (Wildman–Crippen MR) is 115 cm³/mol. The van der Waals surface area contributed by atoms with Crippen LogP contribution < -0.4 is 22.1 Å². The lowest BCUT2D eigenvalue weighted by molar-refractivity contribution is -0.133. The molecular weight excluding hydrogens is 354 g/mol. The van der Waals surface area contributed by atoms with Crippen LogP contribution in [-0.4, -0.2) is 42.8 Å². The van der Waals surface area contributed by atoms with E-state index in [1.54, 1.807) is 0 Å². The fourth-order valence-corrected chi connectivity index (χ4v) is 3.91. The largest absolute Gasteiger partial charge is 0.370 e. The molecule has 0 spiro atoms. The zero-order valence-electron chi connectivity index (χ0n) is 17.9. The van der Waals surface area contributed by atoms with Gasteiger partial charge in [-0.3, -0.25) is 14.6 Å². The Morgan fingerprint density at radius 1 is 1.11 bits per heavy atom. The third-order valence-corrected chi connectivity index (χ3v) is 5.85. The van der Waals surface area contributed by atoms with Crippen LogP contribution in [-0.2, 0) is 9.59 Å². The van der Waals surface area contributed by atoms with Crippen LogP contribution in [0, 0.1) is 5.92 Å². The average molecular weight is 396 g/mol. The van der Waals surface area contributed by atoms with E-state index in [2.05, 4.69) is 15.6 Å². The zero-order chi connectivity index (χ0) is 20.8. The Morgan fingerprint density at radius 2 is 1.79 bits per heavy atom. The molecule has 0 saturated carbocycles. The molecule has 0 aliphatic carbocycles. The molecule has 7 heteroatoms. The molecule has 0 unspecified atom stereocenters. The van der Waals surface area contributed by atoms with Gasteiger partial charge in [0, 0.05) is 19.4 Å². The number of hydrogen-bond donors (Lipinski definition) is 4. The lowest BCUT2D eigenvalue weighted by Gasteiger charge is -2.33. The first-order valence-corrected chi connectivity index (χ1v) is 11.0. The van der Waals surface area contributed by atoms with Crippen LogP contribution in [0.25, 0.3) is 0 Å². The van der Waals surface area contributed by atoms with E-state index in [1.807, 2.05) is 13.8 Å². The van der Waals surface area contributed by atoms with Crippen LogP contribution in [0.1, 0.15) is 84.5 Å². The number of guanidine groups is 1. The quantitative estimate of drug-likeness (QED) is 0.312. The molecule has 0 radical (unpaired) electrons. The highest BCUT2D eigenvalue weighted by atomic mass is 16.2. The van der Waals surface area contributed by atoms with Crippen molar-refractivity contribution in [3.05, 3.63) is 0 Å². The van der Waals surface area contributed by atoms with E-state index >= 15 is 0 Å². The second-order valence-corrected chi connectivity index (χ2v) is 8.00. The van der Waals surface area contributed by atoms with E-state index in [9.17, 15) is 9.59 Å². The van der Waals surface area contributed by atoms with Crippen molar-refractivity contribution in [2.24, 2.45) is 22.4 Å². The SMILES string of the molecule is CCC1(CC)NC(=O)CCCCCCCNC[C@H](CCCN=C(N)N)CC1=O. The van der Waals surface area contributed by atoms with Crippen molar-refractivity contribution in [1.29, 1.82) is 0 Å². The van der Waals surface area contributed by atoms with Gasteiger partial charge in [-0.15, -0.1) is 0 Å². The van der Waals surface area contributed by atoms with Crippen molar-refractivity contribution in [1.82, 2.24) is 10.6 Å². The summed E-state index contributed by atoms with van der Waals surface area (Å²) in [6, 6.07) is 0. The molecule has 28 heavy (non-hydrogen) atoms. The third kappa shape index (κ3) is 9.04. The van der Waals surface area contributed by atoms with Crippen molar-refractivity contribution in [2.75, 3.05) is 19.6 Å². The number of carbonyl (C=O) groups is 2. The van der Waals surface area contributed by atoms with Gasteiger partial charge in [-0.25, -0.2) is 0 Å². The summed E-state index contributed by atoms with van der Waals surface area (Å²) in [5.74, 6) is 0.486. The maximum absolute atomic E-state index is 13.2. The molecular formula is C21H41N5O2. The number of nitrogens with one attached hydrogen (secondary N) is 2. The first-order valence-electron chi connectivity index (χ1n) is 11.0. The molecule has 7 nitrogen and oxygen atoms in total. The van der Waals surface area contributed by atoms with Crippen molar-refractivity contribution in [3.8, 4) is 0 Å². The second kappa shape index (κ2) is 13.5. The molecule has 0 aromatic heterocycles. The van der Waals surface area contributed by atoms with Gasteiger partial charge in [0.2, 0.25) is 5.91 Å². The summed E-state index contributed by atoms with van der Waals surface area (Å²) in [7, 11) is 0. The van der Waals surface area contributed by atoms with Crippen LogP contribution >= 0.6 is 0 Å². The molecule has 0 bridgehead atoms. The number of hydrogen-bond acceptors (Lipinski definition) is 4. The minimum Gasteiger partial charge on any atom is -0.370 e. The Bertz CT molecular complexity index is 499. The van der Waals surface area contributed by atoms with Gasteiger partial charge in [-0.05, 0) is 57.5 Å². The lowest BCUT2D eigenvalue weighted by Crippen LogP contribution is -2.54. The van der Waals surface area contributed by atoms with E-state index in [0.717, 1.165) is 51.6 Å². The van der Waals surface area contributed by atoms with E-state index < -0.39 is 5.54 Å². The first-order chi connectivity index (χ1) is 13.4. The summed E-state index contributed by atoms with van der Waals surface area (Å²) in [6.07, 6.45) is 9.39. The fourth-order valence-electron chi connectivity index (χ4n) is 3.91. The van der Waals surface area contributed by atoms with Gasteiger partial charge in [-0.1, -0.05) is 33.1 Å². The molecule has 1 heterocycles. The van der Waals surface area contributed by atoms with Crippen LogP contribution in [0.2, 0.25) is 0 Å². The Hall–Kier alpha value is -1.63. The molecule has 0 aromatic carbocycles. The summed E-state index contributed by atoms with van der Waals surface area (Å²) in [4.78, 5) is 29.7. The summed E-state index contributed by atoms with van der Waals surface area (Å²) in [5, 5.41) is 6.61. The minimum absolute atomic E-state index is 0.00866. The summed E-state index contributed by atoms with van der Waals surface area (Å²) in [5.41, 5.74) is 10.1. The number of carbonyl (C=O) groups excluding carboxylic acids is 2. The number of nitrogens with two attached hydrogens (primary N) is 2. The Labute approximate surface area is 170 Å². The van der Waals surface area contributed by atoms with Gasteiger partial charge in [-0.2, -0.15) is 0 Å². The minimum atomic E-state index is -0.741. The molecule has 0 aromatic rings. The van der Waals surface area contributed by atoms with Crippen molar-refractivity contribution >= 4 is 17.6 Å². The first kappa shape index (κ1) is 24.4. The standard InChI is InChI=1S/C21H41N5O2/c1-3-21(4-2)18(27)15-17(11-10-14-25-20(22)23)16-24-13-9-7-5-6-8-12-19(28)26-21/h17,24H,3-16H2,1-2H3,(H,26,28)(H4,22,23,25)/t17-/m1/s1. The van der Waals surface area contributed by atoms with Crippen molar-refractivity contribution in [3.63, 3.8) is 0 Å². The van der Waals surface area contributed by atoms with Crippen LogP contribution in [0.3, 0.4) is 0 Å². The van der Waals surface area contributed by atoms with Crippen LogP contribution in [0.15, 0.2) is 4.99 Å². The Kier molecular flexibility index (Phi) is 11.8. The molecule has 1 saturated heterocycles. The number of ketones is 1. The topological polar surface area (TPSA) is 123 Å². The summed E-state index contributed by atoms with van der Waals surface area (Å²) >= 11 is 0. The molecule has 1 atom stereocenters. The van der Waals surface area contributed by atoms with E-state index in [1.165, 1.54) is 6.42 Å². The molecule has 1 aliphatic heterocycles. The van der Waals surface area contributed by atoms with Crippen molar-refractivity contribution in [2.45, 2.75) is 90.0 Å². The van der Waals surface area contributed by atoms with Gasteiger partial charge in [0.1, 0.15) is 0 Å². The Balaban J connectivity index is 2.83. The van der Waals surface area contributed by atoms with Gasteiger partial charge < -0.3 is 22.1 Å². The molecule has 162 valence electrons. The predicted octanol–water partition coefficient (Wildman–Crippen LogP) is 2.23. The van der Waals surface area contributed by atoms with Gasteiger partial charge in [0.15, 0.2) is 11.7 Å². The number of amides is 1. The average Bonchev–Trinajstić information content (AvgIpc) is 2.67. The van der Waals surface area contributed by atoms with E-state index in [4.69, 9.17) is 11.5 Å². The number of aliphatic imine (C=N–C) groups is 1. The third-order valence-electron chi connectivity index (χ3n) is 5.85. The smallest absolute Gasteiger partial charge is 0.220 e. The van der Waals surface area contributed by atoms with E-state index in [-0.39, 0.29) is 23.6 Å². The Morgan fingerprint density at radius 3 is 2.46 bits per heavy atom. The molecule has 1 amide bonds. The molecule has 1 aliphatic rings. The number of nitrogens with zero attached hydrogens (tertiary/aromatic N) is 1. The molecule has 6 N–H and O–H groups in total. The summed E-state index contributed by atoms with van der Waals surface area (Å²) < 4.78 is 0. The zero-order valence-corrected chi connectivity index (χ0v) is 17.9. The van der Waals surface area contributed by atoms with Crippen LogP contribution in [0.5, 0.6) is 0 Å². The highest BCUT2D eigenvalue weighted by Crippen LogP contribution is 2.23. The maximum Gasteiger partial charge on any atom is 0.220 e.